The van der Waals surface area contributed by atoms with Crippen molar-refractivity contribution in [3.05, 3.63) is 22.2 Å². The van der Waals surface area contributed by atoms with Gasteiger partial charge in [-0.2, -0.15) is 0 Å². The smallest absolute Gasteiger partial charge is 0.251 e. The summed E-state index contributed by atoms with van der Waals surface area (Å²) in [7, 11) is 1.58. The lowest BCUT2D eigenvalue weighted by atomic mass is 9.84. The second kappa shape index (κ2) is 10.9. The fraction of sp³-hybridized carbons (Fsp3) is 0.611. The molecule has 1 saturated carbocycles. The highest BCUT2D eigenvalue weighted by molar-refractivity contribution is 9.10. The highest BCUT2D eigenvalue weighted by Crippen LogP contribution is 2.37. The van der Waals surface area contributed by atoms with Crippen molar-refractivity contribution < 1.29 is 14.3 Å². The molecule has 0 bridgehead atoms. The van der Waals surface area contributed by atoms with Crippen molar-refractivity contribution in [2.45, 2.75) is 45.1 Å². The van der Waals surface area contributed by atoms with E-state index in [4.69, 9.17) is 15.2 Å². The molecule has 2 unspecified atom stereocenters. The minimum atomic E-state index is -0.0959. The van der Waals surface area contributed by atoms with Gasteiger partial charge in [-0.05, 0) is 59.8 Å². The Balaban J connectivity index is 0.00000312. The zero-order valence-electron chi connectivity index (χ0n) is 14.8. The number of rotatable bonds is 7. The summed E-state index contributed by atoms with van der Waals surface area (Å²) in [5, 5.41) is 3.14. The van der Waals surface area contributed by atoms with Gasteiger partial charge in [0, 0.05) is 11.6 Å². The number of carbonyl (C=O) groups is 1. The fourth-order valence-corrected chi connectivity index (χ4v) is 3.68. The number of hydrogen-bond acceptors (Lipinski definition) is 4. The summed E-state index contributed by atoms with van der Waals surface area (Å²) in [6.45, 7) is 3.25. The van der Waals surface area contributed by atoms with Crippen LogP contribution in [0.2, 0.25) is 0 Å². The van der Waals surface area contributed by atoms with E-state index >= 15 is 0 Å². The van der Waals surface area contributed by atoms with E-state index in [2.05, 4.69) is 21.2 Å². The normalized spacial score (nSPS) is 19.7. The Bertz CT molecular complexity index is 571. The first-order valence-electron chi connectivity index (χ1n) is 8.62. The van der Waals surface area contributed by atoms with Crippen LogP contribution in [0.4, 0.5) is 0 Å². The average Bonchev–Trinajstić information content (AvgIpc) is 2.60. The molecule has 1 aromatic rings. The van der Waals surface area contributed by atoms with E-state index in [0.29, 0.717) is 36.1 Å². The molecule has 0 spiro atoms. The molecule has 1 fully saturated rings. The second-order valence-corrected chi connectivity index (χ2v) is 7.05. The van der Waals surface area contributed by atoms with Gasteiger partial charge >= 0.3 is 0 Å². The van der Waals surface area contributed by atoms with Gasteiger partial charge in [0.05, 0.1) is 18.2 Å². The van der Waals surface area contributed by atoms with E-state index in [1.807, 2.05) is 6.92 Å². The Morgan fingerprint density at radius 3 is 2.72 bits per heavy atom. The molecule has 25 heavy (non-hydrogen) atoms. The highest BCUT2D eigenvalue weighted by atomic mass is 79.9. The number of methoxy groups -OCH3 is 1. The number of amides is 1. The molecule has 1 aliphatic carbocycles. The lowest BCUT2D eigenvalue weighted by Crippen LogP contribution is -2.44. The third kappa shape index (κ3) is 5.76. The first kappa shape index (κ1) is 22.1. The summed E-state index contributed by atoms with van der Waals surface area (Å²) in [4.78, 5) is 12.7. The summed E-state index contributed by atoms with van der Waals surface area (Å²) in [5.74, 6) is 1.46. The standard InChI is InChI=1S/C18H27BrN2O3.ClH/c1-3-8-24-17-14(19)9-13(10-16(17)23-2)18(22)21-15-7-5-4-6-12(15)11-20;/h9-10,12,15H,3-8,11,20H2,1-2H3,(H,21,22);1H. The molecule has 1 aromatic carbocycles. The van der Waals surface area contributed by atoms with Crippen LogP contribution in [-0.4, -0.2) is 32.2 Å². The van der Waals surface area contributed by atoms with Crippen molar-refractivity contribution in [3.63, 3.8) is 0 Å². The number of benzene rings is 1. The largest absolute Gasteiger partial charge is 0.493 e. The van der Waals surface area contributed by atoms with Crippen molar-refractivity contribution in [3.8, 4) is 11.5 Å². The molecular formula is C18H28BrClN2O3. The highest BCUT2D eigenvalue weighted by Gasteiger charge is 2.26. The quantitative estimate of drug-likeness (QED) is 0.681. The Morgan fingerprint density at radius 2 is 2.08 bits per heavy atom. The number of carbonyl (C=O) groups excluding carboxylic acids is 1. The maximum absolute atomic E-state index is 12.7. The molecule has 2 rings (SSSR count). The summed E-state index contributed by atoms with van der Waals surface area (Å²) >= 11 is 3.48. The van der Waals surface area contributed by atoms with Gasteiger partial charge in [0.25, 0.3) is 5.91 Å². The van der Waals surface area contributed by atoms with E-state index in [-0.39, 0.29) is 24.4 Å². The molecular weight excluding hydrogens is 408 g/mol. The third-order valence-electron chi connectivity index (χ3n) is 4.47. The van der Waals surface area contributed by atoms with E-state index in [0.717, 1.165) is 30.2 Å². The van der Waals surface area contributed by atoms with Crippen molar-refractivity contribution in [1.29, 1.82) is 0 Å². The SMILES string of the molecule is CCCOc1c(Br)cc(C(=O)NC2CCCCC2CN)cc1OC.Cl. The average molecular weight is 436 g/mol. The van der Waals surface area contributed by atoms with Gasteiger partial charge in [-0.15, -0.1) is 12.4 Å². The van der Waals surface area contributed by atoms with Crippen LogP contribution < -0.4 is 20.5 Å². The van der Waals surface area contributed by atoms with Crippen LogP contribution in [0, 0.1) is 5.92 Å². The predicted octanol–water partition coefficient (Wildman–Crippen LogP) is 3.92. The van der Waals surface area contributed by atoms with E-state index < -0.39 is 0 Å². The lowest BCUT2D eigenvalue weighted by Gasteiger charge is -2.31. The van der Waals surface area contributed by atoms with Crippen molar-refractivity contribution >= 4 is 34.2 Å². The van der Waals surface area contributed by atoms with Crippen LogP contribution in [-0.2, 0) is 0 Å². The zero-order chi connectivity index (χ0) is 17.5. The van der Waals surface area contributed by atoms with Crippen LogP contribution in [0.15, 0.2) is 16.6 Å². The lowest BCUT2D eigenvalue weighted by molar-refractivity contribution is 0.0907. The Morgan fingerprint density at radius 1 is 1.36 bits per heavy atom. The van der Waals surface area contributed by atoms with Gasteiger partial charge in [0.1, 0.15) is 0 Å². The van der Waals surface area contributed by atoms with Crippen LogP contribution in [0.1, 0.15) is 49.4 Å². The van der Waals surface area contributed by atoms with Gasteiger partial charge in [0.15, 0.2) is 11.5 Å². The van der Waals surface area contributed by atoms with Gasteiger partial charge in [-0.25, -0.2) is 0 Å². The molecule has 7 heteroatoms. The molecule has 1 amide bonds. The molecule has 5 nitrogen and oxygen atoms in total. The molecule has 142 valence electrons. The molecule has 0 aliphatic heterocycles. The molecule has 3 N–H and O–H groups in total. The zero-order valence-corrected chi connectivity index (χ0v) is 17.2. The molecule has 0 aromatic heterocycles. The number of hydrogen-bond donors (Lipinski definition) is 2. The third-order valence-corrected chi connectivity index (χ3v) is 5.06. The maximum atomic E-state index is 12.7. The van der Waals surface area contributed by atoms with Crippen molar-refractivity contribution in [2.24, 2.45) is 11.7 Å². The van der Waals surface area contributed by atoms with Crippen molar-refractivity contribution in [1.82, 2.24) is 5.32 Å². The number of nitrogens with two attached hydrogens (primary N) is 1. The maximum Gasteiger partial charge on any atom is 0.251 e. The van der Waals surface area contributed by atoms with Gasteiger partial charge in [-0.3, -0.25) is 4.79 Å². The minimum absolute atomic E-state index is 0. The summed E-state index contributed by atoms with van der Waals surface area (Å²) in [6, 6.07) is 3.66. The minimum Gasteiger partial charge on any atom is -0.493 e. The monoisotopic (exact) mass is 434 g/mol. The molecule has 2 atom stereocenters. The number of nitrogens with one attached hydrogen (secondary N) is 1. The Labute approximate surface area is 164 Å². The summed E-state index contributed by atoms with van der Waals surface area (Å²) in [5.41, 5.74) is 6.41. The Hall–Kier alpha value is -0.980. The molecule has 1 aliphatic rings. The Kier molecular flexibility index (Phi) is 9.61. The van der Waals surface area contributed by atoms with Gasteiger partial charge < -0.3 is 20.5 Å². The number of halogens is 2. The second-order valence-electron chi connectivity index (χ2n) is 6.20. The van der Waals surface area contributed by atoms with Crippen LogP contribution in [0.3, 0.4) is 0 Å². The first-order chi connectivity index (χ1) is 11.6. The molecule has 0 saturated heterocycles. The molecule has 0 heterocycles. The molecule has 0 radical (unpaired) electrons. The summed E-state index contributed by atoms with van der Waals surface area (Å²) in [6.07, 6.45) is 5.30. The van der Waals surface area contributed by atoms with Crippen molar-refractivity contribution in [2.75, 3.05) is 20.3 Å². The summed E-state index contributed by atoms with van der Waals surface area (Å²) < 4.78 is 11.8. The van der Waals surface area contributed by atoms with Crippen LogP contribution in [0.25, 0.3) is 0 Å². The van der Waals surface area contributed by atoms with Crippen LogP contribution in [0.5, 0.6) is 11.5 Å². The first-order valence-corrected chi connectivity index (χ1v) is 9.41. The fourth-order valence-electron chi connectivity index (χ4n) is 3.13. The number of ether oxygens (including phenoxy) is 2. The van der Waals surface area contributed by atoms with Gasteiger partial charge in [0.2, 0.25) is 0 Å². The van der Waals surface area contributed by atoms with Crippen LogP contribution >= 0.6 is 28.3 Å². The van der Waals surface area contributed by atoms with E-state index in [1.54, 1.807) is 19.2 Å². The van der Waals surface area contributed by atoms with E-state index in [1.165, 1.54) is 6.42 Å². The topological polar surface area (TPSA) is 73.6 Å². The van der Waals surface area contributed by atoms with E-state index in [9.17, 15) is 4.79 Å². The van der Waals surface area contributed by atoms with Gasteiger partial charge in [-0.1, -0.05) is 19.8 Å². The predicted molar refractivity (Wildman–Crippen MR) is 106 cm³/mol.